The fourth-order valence-corrected chi connectivity index (χ4v) is 3.82. The molecule has 1 aliphatic heterocycles. The number of benzene rings is 1. The topological polar surface area (TPSA) is 71.5 Å². The number of hydrogen-bond acceptors (Lipinski definition) is 5. The summed E-state index contributed by atoms with van der Waals surface area (Å²) < 4.78 is 5.37. The number of hydrogen-bond donors (Lipinski definition) is 1. The van der Waals surface area contributed by atoms with Crippen LogP contribution in [0.5, 0.6) is 5.75 Å². The van der Waals surface area contributed by atoms with E-state index in [1.165, 1.54) is 11.3 Å². The number of thiazole rings is 1. The van der Waals surface area contributed by atoms with Crippen LogP contribution in [-0.4, -0.2) is 30.5 Å². The Bertz CT molecular complexity index is 831. The van der Waals surface area contributed by atoms with Gasteiger partial charge in [-0.25, -0.2) is 4.98 Å². The monoisotopic (exact) mass is 373 g/mol. The van der Waals surface area contributed by atoms with Crippen LogP contribution < -0.4 is 15.0 Å². The number of rotatable bonds is 5. The highest BCUT2D eigenvalue weighted by Crippen LogP contribution is 2.34. The third-order valence-electron chi connectivity index (χ3n) is 4.46. The van der Waals surface area contributed by atoms with E-state index < -0.39 is 5.92 Å². The maximum Gasteiger partial charge on any atom is 0.231 e. The SMILES string of the molecule is COc1ccc(C)cc1N1CC(C(=O)Nc2nc(C(C)C)cs2)CC1=O. The molecule has 1 fully saturated rings. The third kappa shape index (κ3) is 3.72. The Hall–Kier alpha value is -2.41. The lowest BCUT2D eigenvalue weighted by molar-refractivity contribution is -0.122. The number of aryl methyl sites for hydroxylation is 1. The molecule has 0 aliphatic carbocycles. The molecule has 1 atom stereocenters. The molecule has 7 heteroatoms. The molecule has 1 saturated heterocycles. The number of methoxy groups -OCH3 is 1. The number of carbonyl (C=O) groups excluding carboxylic acids is 2. The van der Waals surface area contributed by atoms with Gasteiger partial charge in [-0.2, -0.15) is 0 Å². The van der Waals surface area contributed by atoms with Gasteiger partial charge in [0.05, 0.1) is 24.4 Å². The Morgan fingerprint density at radius 3 is 2.85 bits per heavy atom. The average molecular weight is 373 g/mol. The number of carbonyl (C=O) groups is 2. The van der Waals surface area contributed by atoms with Crippen molar-refractivity contribution in [2.24, 2.45) is 5.92 Å². The van der Waals surface area contributed by atoms with Crippen molar-refractivity contribution in [1.29, 1.82) is 0 Å². The lowest BCUT2D eigenvalue weighted by Gasteiger charge is -2.20. The molecule has 2 heterocycles. The zero-order valence-electron chi connectivity index (χ0n) is 15.4. The van der Waals surface area contributed by atoms with Gasteiger partial charge in [0.15, 0.2) is 5.13 Å². The third-order valence-corrected chi connectivity index (χ3v) is 5.24. The van der Waals surface area contributed by atoms with Gasteiger partial charge in [0, 0.05) is 18.3 Å². The normalized spacial score (nSPS) is 17.0. The second kappa shape index (κ2) is 7.45. The lowest BCUT2D eigenvalue weighted by Crippen LogP contribution is -2.28. The number of nitrogens with one attached hydrogen (secondary N) is 1. The van der Waals surface area contributed by atoms with Crippen LogP contribution >= 0.6 is 11.3 Å². The smallest absolute Gasteiger partial charge is 0.231 e. The van der Waals surface area contributed by atoms with Crippen molar-refractivity contribution < 1.29 is 14.3 Å². The zero-order valence-corrected chi connectivity index (χ0v) is 16.2. The van der Waals surface area contributed by atoms with E-state index in [0.717, 1.165) is 11.3 Å². The summed E-state index contributed by atoms with van der Waals surface area (Å²) in [6.07, 6.45) is 0.186. The molecule has 1 aliphatic rings. The van der Waals surface area contributed by atoms with Gasteiger partial charge in [0.25, 0.3) is 0 Å². The molecule has 26 heavy (non-hydrogen) atoms. The van der Waals surface area contributed by atoms with Gasteiger partial charge in [0.2, 0.25) is 11.8 Å². The number of anilines is 2. The summed E-state index contributed by atoms with van der Waals surface area (Å²) >= 11 is 1.41. The number of aromatic nitrogens is 1. The first kappa shape index (κ1) is 18.4. The molecule has 0 spiro atoms. The van der Waals surface area contributed by atoms with Crippen molar-refractivity contribution in [1.82, 2.24) is 4.98 Å². The predicted molar refractivity (Wildman–Crippen MR) is 103 cm³/mol. The molecule has 3 rings (SSSR count). The molecule has 1 aromatic carbocycles. The van der Waals surface area contributed by atoms with Gasteiger partial charge in [0.1, 0.15) is 5.75 Å². The molecular formula is C19H23N3O3S. The van der Waals surface area contributed by atoms with Crippen molar-refractivity contribution in [2.45, 2.75) is 33.1 Å². The minimum absolute atomic E-state index is 0.0731. The fraction of sp³-hybridized carbons (Fsp3) is 0.421. The Morgan fingerprint density at radius 1 is 1.42 bits per heavy atom. The van der Waals surface area contributed by atoms with Gasteiger partial charge in [-0.1, -0.05) is 19.9 Å². The van der Waals surface area contributed by atoms with E-state index in [1.54, 1.807) is 12.0 Å². The van der Waals surface area contributed by atoms with E-state index in [-0.39, 0.29) is 18.2 Å². The van der Waals surface area contributed by atoms with Crippen LogP contribution in [0.3, 0.4) is 0 Å². The average Bonchev–Trinajstić information content (AvgIpc) is 3.21. The van der Waals surface area contributed by atoms with Crippen molar-refractivity contribution in [3.8, 4) is 5.75 Å². The highest BCUT2D eigenvalue weighted by molar-refractivity contribution is 7.13. The van der Waals surface area contributed by atoms with Crippen molar-refractivity contribution >= 4 is 34.0 Å². The Labute approximate surface area is 157 Å². The summed E-state index contributed by atoms with van der Waals surface area (Å²) in [7, 11) is 1.58. The van der Waals surface area contributed by atoms with Gasteiger partial charge in [-0.05, 0) is 30.5 Å². The predicted octanol–water partition coefficient (Wildman–Crippen LogP) is 3.58. The van der Waals surface area contributed by atoms with E-state index in [0.29, 0.717) is 29.0 Å². The fourth-order valence-electron chi connectivity index (χ4n) is 2.94. The molecule has 2 amide bonds. The standard InChI is InChI=1S/C19H23N3O3S/c1-11(2)14-10-26-19(20-14)21-18(24)13-8-17(23)22(9-13)15-7-12(3)5-6-16(15)25-4/h5-7,10-11,13H,8-9H2,1-4H3,(H,20,21,24). The molecule has 6 nitrogen and oxygen atoms in total. The van der Waals surface area contributed by atoms with E-state index in [1.807, 2.05) is 30.5 Å². The summed E-state index contributed by atoms with van der Waals surface area (Å²) in [5.41, 5.74) is 2.70. The van der Waals surface area contributed by atoms with Crippen molar-refractivity contribution in [2.75, 3.05) is 23.9 Å². The summed E-state index contributed by atoms with van der Waals surface area (Å²) in [6.45, 7) is 6.42. The van der Waals surface area contributed by atoms with Crippen LogP contribution in [0, 0.1) is 12.8 Å². The first-order valence-electron chi connectivity index (χ1n) is 8.60. The highest BCUT2D eigenvalue weighted by atomic mass is 32.1. The molecule has 1 N–H and O–H groups in total. The van der Waals surface area contributed by atoms with Gasteiger partial charge in [-0.15, -0.1) is 11.3 Å². The first-order valence-corrected chi connectivity index (χ1v) is 9.48. The Balaban J connectivity index is 1.73. The Kier molecular flexibility index (Phi) is 5.27. The highest BCUT2D eigenvalue weighted by Gasteiger charge is 2.36. The number of ether oxygens (including phenoxy) is 1. The quantitative estimate of drug-likeness (QED) is 0.870. The van der Waals surface area contributed by atoms with Crippen LogP contribution in [0.4, 0.5) is 10.8 Å². The van der Waals surface area contributed by atoms with E-state index in [9.17, 15) is 9.59 Å². The molecular weight excluding hydrogens is 350 g/mol. The summed E-state index contributed by atoms with van der Waals surface area (Å²) in [5, 5.41) is 5.38. The molecule has 1 unspecified atom stereocenters. The first-order chi connectivity index (χ1) is 12.4. The maximum atomic E-state index is 12.6. The minimum Gasteiger partial charge on any atom is -0.495 e. The molecule has 1 aromatic heterocycles. The molecule has 138 valence electrons. The van der Waals surface area contributed by atoms with Crippen molar-refractivity contribution in [3.05, 3.63) is 34.8 Å². The molecule has 2 aromatic rings. The second-order valence-electron chi connectivity index (χ2n) is 6.80. The second-order valence-corrected chi connectivity index (χ2v) is 7.66. The van der Waals surface area contributed by atoms with Crippen LogP contribution in [0.1, 0.15) is 37.4 Å². The van der Waals surface area contributed by atoms with Gasteiger partial charge >= 0.3 is 0 Å². The van der Waals surface area contributed by atoms with Gasteiger partial charge in [-0.3, -0.25) is 9.59 Å². The van der Waals surface area contributed by atoms with Crippen LogP contribution in [-0.2, 0) is 9.59 Å². The molecule has 0 radical (unpaired) electrons. The zero-order chi connectivity index (χ0) is 18.8. The summed E-state index contributed by atoms with van der Waals surface area (Å²) in [6, 6.07) is 5.68. The van der Waals surface area contributed by atoms with E-state index in [2.05, 4.69) is 24.1 Å². The van der Waals surface area contributed by atoms with Crippen LogP contribution in [0.2, 0.25) is 0 Å². The molecule has 0 bridgehead atoms. The Morgan fingerprint density at radius 2 is 2.19 bits per heavy atom. The van der Waals surface area contributed by atoms with E-state index >= 15 is 0 Å². The van der Waals surface area contributed by atoms with Gasteiger partial charge < -0.3 is 15.0 Å². The molecule has 0 saturated carbocycles. The number of amides is 2. The summed E-state index contributed by atoms with van der Waals surface area (Å²) in [5.74, 6) is 0.299. The maximum absolute atomic E-state index is 12.6. The van der Waals surface area contributed by atoms with Crippen molar-refractivity contribution in [3.63, 3.8) is 0 Å². The van der Waals surface area contributed by atoms with E-state index in [4.69, 9.17) is 4.74 Å². The number of nitrogens with zero attached hydrogens (tertiary/aromatic N) is 2. The largest absolute Gasteiger partial charge is 0.495 e. The van der Waals surface area contributed by atoms with Crippen LogP contribution in [0.15, 0.2) is 23.6 Å². The minimum atomic E-state index is -0.404. The lowest BCUT2D eigenvalue weighted by atomic mass is 10.1. The van der Waals surface area contributed by atoms with Crippen LogP contribution in [0.25, 0.3) is 0 Å². The summed E-state index contributed by atoms with van der Waals surface area (Å²) in [4.78, 5) is 31.1.